The average Bonchev–Trinajstić information content (AvgIpc) is 2.78. The molecule has 0 bridgehead atoms. The Morgan fingerprint density at radius 3 is 2.24 bits per heavy atom. The van der Waals surface area contributed by atoms with Crippen LogP contribution >= 0.6 is 0 Å². The summed E-state index contributed by atoms with van der Waals surface area (Å²) in [7, 11) is 3.04. The Hall–Kier alpha value is -3.20. The van der Waals surface area contributed by atoms with E-state index in [0.717, 1.165) is 24.8 Å². The molecule has 0 aromatic heterocycles. The highest BCUT2D eigenvalue weighted by atomic mass is 16.5. The van der Waals surface area contributed by atoms with Gasteiger partial charge in [-0.2, -0.15) is 5.26 Å². The van der Waals surface area contributed by atoms with Gasteiger partial charge in [-0.25, -0.2) is 0 Å². The number of hydrogen-bond acceptors (Lipinski definition) is 5. The van der Waals surface area contributed by atoms with Gasteiger partial charge in [0.1, 0.15) is 12.1 Å². The Labute approximate surface area is 171 Å². The number of nitriles is 1. The largest absolute Gasteiger partial charge is 0.493 e. The van der Waals surface area contributed by atoms with Gasteiger partial charge in [-0.15, -0.1) is 0 Å². The van der Waals surface area contributed by atoms with Crippen LogP contribution in [0.25, 0.3) is 0 Å². The van der Waals surface area contributed by atoms with E-state index >= 15 is 0 Å². The van der Waals surface area contributed by atoms with Crippen molar-refractivity contribution < 1.29 is 19.0 Å². The Balaban J connectivity index is 1.83. The molecule has 0 saturated heterocycles. The first-order valence-electron chi connectivity index (χ1n) is 9.77. The Morgan fingerprint density at radius 2 is 1.69 bits per heavy atom. The van der Waals surface area contributed by atoms with Gasteiger partial charge in [0.05, 0.1) is 20.3 Å². The Morgan fingerprint density at radius 1 is 1.07 bits per heavy atom. The number of nitrogens with zero attached hydrogens (tertiary/aromatic N) is 1. The van der Waals surface area contributed by atoms with Crippen LogP contribution in [0.3, 0.4) is 0 Å². The van der Waals surface area contributed by atoms with Gasteiger partial charge in [-0.3, -0.25) is 4.79 Å². The molecule has 2 aromatic carbocycles. The molecule has 0 unspecified atom stereocenters. The summed E-state index contributed by atoms with van der Waals surface area (Å²) >= 11 is 0. The van der Waals surface area contributed by atoms with Crippen LogP contribution in [-0.4, -0.2) is 25.7 Å². The van der Waals surface area contributed by atoms with Gasteiger partial charge in [0.15, 0.2) is 11.5 Å². The molecule has 0 spiro atoms. The minimum atomic E-state index is -0.807. The van der Waals surface area contributed by atoms with Crippen molar-refractivity contribution in [2.45, 2.75) is 44.2 Å². The fourth-order valence-corrected chi connectivity index (χ4v) is 3.59. The molecule has 152 valence electrons. The van der Waals surface area contributed by atoms with Crippen molar-refractivity contribution in [3.05, 3.63) is 53.6 Å². The average molecular weight is 394 g/mol. The van der Waals surface area contributed by atoms with Crippen LogP contribution in [0.2, 0.25) is 0 Å². The highest BCUT2D eigenvalue weighted by Gasteiger charge is 2.34. The SMILES string of the molecule is COc1cc(C(=O)NC2(C#N)CCCCC2)cc(OC)c1OCc1ccccc1. The lowest BCUT2D eigenvalue weighted by atomic mass is 9.82. The fraction of sp³-hybridized carbons (Fsp3) is 0.391. The first-order chi connectivity index (χ1) is 14.1. The maximum absolute atomic E-state index is 12.9. The molecule has 0 heterocycles. The van der Waals surface area contributed by atoms with Crippen LogP contribution < -0.4 is 19.5 Å². The summed E-state index contributed by atoms with van der Waals surface area (Å²) in [5.74, 6) is 0.919. The second kappa shape index (κ2) is 9.33. The van der Waals surface area contributed by atoms with Crippen molar-refractivity contribution in [2.24, 2.45) is 0 Å². The molecule has 3 rings (SSSR count). The van der Waals surface area contributed by atoms with Crippen molar-refractivity contribution >= 4 is 5.91 Å². The number of carbonyl (C=O) groups excluding carboxylic acids is 1. The molecule has 6 heteroatoms. The predicted molar refractivity (Wildman–Crippen MR) is 109 cm³/mol. The molecule has 1 N–H and O–H groups in total. The van der Waals surface area contributed by atoms with E-state index in [4.69, 9.17) is 14.2 Å². The van der Waals surface area contributed by atoms with E-state index in [1.807, 2.05) is 30.3 Å². The molecule has 6 nitrogen and oxygen atoms in total. The monoisotopic (exact) mass is 394 g/mol. The normalized spacial score (nSPS) is 15.1. The first-order valence-corrected chi connectivity index (χ1v) is 9.77. The van der Waals surface area contributed by atoms with Crippen molar-refractivity contribution in [1.29, 1.82) is 5.26 Å². The number of rotatable bonds is 7. The van der Waals surface area contributed by atoms with E-state index in [0.29, 0.717) is 42.3 Å². The molecule has 1 aliphatic rings. The third-order valence-electron chi connectivity index (χ3n) is 5.22. The molecule has 1 aliphatic carbocycles. The highest BCUT2D eigenvalue weighted by molar-refractivity contribution is 5.96. The summed E-state index contributed by atoms with van der Waals surface area (Å²) in [6, 6.07) is 15.3. The second-order valence-electron chi connectivity index (χ2n) is 7.19. The summed E-state index contributed by atoms with van der Waals surface area (Å²) in [6.07, 6.45) is 4.30. The third-order valence-corrected chi connectivity index (χ3v) is 5.22. The summed E-state index contributed by atoms with van der Waals surface area (Å²) in [5.41, 5.74) is 0.566. The minimum absolute atomic E-state index is 0.320. The highest BCUT2D eigenvalue weighted by Crippen LogP contribution is 2.39. The van der Waals surface area contributed by atoms with Gasteiger partial charge >= 0.3 is 0 Å². The lowest BCUT2D eigenvalue weighted by Gasteiger charge is -2.31. The third kappa shape index (κ3) is 4.80. The van der Waals surface area contributed by atoms with Crippen molar-refractivity contribution in [3.63, 3.8) is 0 Å². The fourth-order valence-electron chi connectivity index (χ4n) is 3.59. The molecule has 0 atom stereocenters. The minimum Gasteiger partial charge on any atom is -0.493 e. The maximum atomic E-state index is 12.9. The summed E-state index contributed by atoms with van der Waals surface area (Å²) in [4.78, 5) is 12.9. The van der Waals surface area contributed by atoms with E-state index in [1.54, 1.807) is 12.1 Å². The Kier molecular flexibility index (Phi) is 6.61. The number of amides is 1. The number of ether oxygens (including phenoxy) is 3. The van der Waals surface area contributed by atoms with Gasteiger partial charge in [-0.1, -0.05) is 49.6 Å². The zero-order chi connectivity index (χ0) is 20.7. The molecule has 1 saturated carbocycles. The van der Waals surface area contributed by atoms with E-state index < -0.39 is 5.54 Å². The van der Waals surface area contributed by atoms with E-state index in [2.05, 4.69) is 11.4 Å². The quantitative estimate of drug-likeness (QED) is 0.760. The lowest BCUT2D eigenvalue weighted by Crippen LogP contribution is -2.48. The van der Waals surface area contributed by atoms with Gasteiger partial charge < -0.3 is 19.5 Å². The summed E-state index contributed by atoms with van der Waals surface area (Å²) in [6.45, 7) is 0.344. The van der Waals surface area contributed by atoms with Crippen molar-refractivity contribution in [3.8, 4) is 23.3 Å². The smallest absolute Gasteiger partial charge is 0.252 e. The summed E-state index contributed by atoms with van der Waals surface area (Å²) < 4.78 is 16.8. The zero-order valence-electron chi connectivity index (χ0n) is 16.9. The number of hydrogen-bond donors (Lipinski definition) is 1. The maximum Gasteiger partial charge on any atom is 0.252 e. The number of benzene rings is 2. The molecular formula is C23H26N2O4. The molecule has 29 heavy (non-hydrogen) atoms. The van der Waals surface area contributed by atoms with Crippen LogP contribution in [-0.2, 0) is 6.61 Å². The standard InChI is InChI=1S/C23H26N2O4/c1-27-19-13-18(22(26)25-23(16-24)11-7-4-8-12-23)14-20(28-2)21(19)29-15-17-9-5-3-6-10-17/h3,5-6,9-10,13-14H,4,7-8,11-12,15H2,1-2H3,(H,25,26). The molecule has 1 fully saturated rings. The van der Waals surface area contributed by atoms with E-state index in [-0.39, 0.29) is 5.91 Å². The Bertz CT molecular complexity index is 858. The van der Waals surface area contributed by atoms with Crippen LogP contribution in [0, 0.1) is 11.3 Å². The van der Waals surface area contributed by atoms with Gasteiger partial charge in [-0.05, 0) is 30.5 Å². The molecule has 0 aliphatic heterocycles. The van der Waals surface area contributed by atoms with E-state index in [9.17, 15) is 10.1 Å². The van der Waals surface area contributed by atoms with Crippen molar-refractivity contribution in [1.82, 2.24) is 5.32 Å². The first kappa shape index (κ1) is 20.5. The molecular weight excluding hydrogens is 368 g/mol. The molecule has 1 amide bonds. The van der Waals surface area contributed by atoms with Crippen molar-refractivity contribution in [2.75, 3.05) is 14.2 Å². The van der Waals surface area contributed by atoms with Gasteiger partial charge in [0.25, 0.3) is 5.91 Å². The lowest BCUT2D eigenvalue weighted by molar-refractivity contribution is 0.0901. The van der Waals surface area contributed by atoms with Crippen LogP contribution in [0.15, 0.2) is 42.5 Å². The number of carbonyl (C=O) groups is 1. The number of methoxy groups -OCH3 is 2. The molecule has 2 aromatic rings. The second-order valence-corrected chi connectivity index (χ2v) is 7.19. The predicted octanol–water partition coefficient (Wildman–Crippen LogP) is 4.24. The van der Waals surface area contributed by atoms with Crippen LogP contribution in [0.1, 0.15) is 48.0 Å². The van der Waals surface area contributed by atoms with Gasteiger partial charge in [0, 0.05) is 5.56 Å². The van der Waals surface area contributed by atoms with Gasteiger partial charge in [0.2, 0.25) is 5.75 Å². The van der Waals surface area contributed by atoms with Crippen LogP contribution in [0.4, 0.5) is 0 Å². The zero-order valence-corrected chi connectivity index (χ0v) is 16.9. The number of nitrogens with one attached hydrogen (secondary N) is 1. The van der Waals surface area contributed by atoms with Crippen LogP contribution in [0.5, 0.6) is 17.2 Å². The van der Waals surface area contributed by atoms with E-state index in [1.165, 1.54) is 14.2 Å². The molecule has 0 radical (unpaired) electrons. The topological polar surface area (TPSA) is 80.6 Å². The summed E-state index contributed by atoms with van der Waals surface area (Å²) in [5, 5.41) is 12.6.